The summed E-state index contributed by atoms with van der Waals surface area (Å²) in [4.78, 5) is 4.40. The van der Waals surface area contributed by atoms with Crippen LogP contribution < -0.4 is 5.32 Å². The molecule has 6 heteroatoms. The van der Waals surface area contributed by atoms with Gasteiger partial charge in [-0.05, 0) is 37.6 Å². The summed E-state index contributed by atoms with van der Waals surface area (Å²) < 4.78 is 24.0. The molecule has 4 nitrogen and oxygen atoms in total. The van der Waals surface area contributed by atoms with Crippen molar-refractivity contribution in [3.05, 3.63) is 29.8 Å². The van der Waals surface area contributed by atoms with Crippen LogP contribution in [0.4, 0.5) is 5.69 Å². The van der Waals surface area contributed by atoms with Crippen molar-refractivity contribution in [2.45, 2.75) is 18.3 Å². The molecule has 19 heavy (non-hydrogen) atoms. The second kappa shape index (κ2) is 4.89. The van der Waals surface area contributed by atoms with Gasteiger partial charge in [-0.15, -0.1) is 12.4 Å². The molecule has 0 bridgehead atoms. The van der Waals surface area contributed by atoms with E-state index in [2.05, 4.69) is 10.3 Å². The summed E-state index contributed by atoms with van der Waals surface area (Å²) in [6, 6.07) is 7.78. The smallest absolute Gasteiger partial charge is 0.189 e. The third-order valence-corrected chi connectivity index (χ3v) is 5.04. The van der Waals surface area contributed by atoms with Crippen molar-refractivity contribution in [2.75, 3.05) is 19.3 Å². The van der Waals surface area contributed by atoms with Crippen LogP contribution in [0.25, 0.3) is 0 Å². The molecule has 0 aliphatic carbocycles. The number of para-hydroxylation sites is 1. The first-order valence-electron chi connectivity index (χ1n) is 6.13. The highest BCUT2D eigenvalue weighted by Gasteiger charge is 2.47. The number of hydrogen-bond donors (Lipinski definition) is 1. The van der Waals surface area contributed by atoms with Crippen molar-refractivity contribution >= 4 is 33.0 Å². The summed E-state index contributed by atoms with van der Waals surface area (Å²) >= 11 is 0. The number of halogens is 1. The van der Waals surface area contributed by atoms with E-state index in [0.717, 1.165) is 37.2 Å². The maximum atomic E-state index is 12.0. The first-order valence-corrected chi connectivity index (χ1v) is 8.03. The standard InChI is InChI=1S/C13H16N2O2S.ClH/c1-18(16,17)12-13(6-8-14-9-7-13)10-4-2-3-5-11(10)15-12;/h2-5,14H,6-9H2,1H3;1H. The Labute approximate surface area is 119 Å². The second-order valence-electron chi connectivity index (χ2n) is 5.04. The fraction of sp³-hybridized carbons (Fsp3) is 0.462. The highest BCUT2D eigenvalue weighted by molar-refractivity contribution is 8.06. The average Bonchev–Trinajstić information content (AvgIpc) is 2.66. The average molecular weight is 301 g/mol. The number of benzene rings is 1. The minimum atomic E-state index is -3.26. The molecule has 0 saturated carbocycles. The second-order valence-corrected chi connectivity index (χ2v) is 6.97. The molecule has 1 saturated heterocycles. The van der Waals surface area contributed by atoms with Gasteiger partial charge in [0.2, 0.25) is 0 Å². The molecule has 0 radical (unpaired) electrons. The highest BCUT2D eigenvalue weighted by Crippen LogP contribution is 2.46. The maximum absolute atomic E-state index is 12.0. The zero-order valence-corrected chi connectivity index (χ0v) is 12.4. The van der Waals surface area contributed by atoms with Gasteiger partial charge < -0.3 is 5.32 Å². The number of hydrogen-bond acceptors (Lipinski definition) is 4. The molecule has 2 heterocycles. The number of nitrogens with one attached hydrogen (secondary N) is 1. The van der Waals surface area contributed by atoms with E-state index in [4.69, 9.17) is 0 Å². The number of aliphatic imine (C=N–C) groups is 1. The maximum Gasteiger partial charge on any atom is 0.189 e. The quantitative estimate of drug-likeness (QED) is 0.795. The molecule has 1 N–H and O–H groups in total. The van der Waals surface area contributed by atoms with Crippen LogP contribution in [0.2, 0.25) is 0 Å². The first-order chi connectivity index (χ1) is 8.54. The Hall–Kier alpha value is -0.910. The summed E-state index contributed by atoms with van der Waals surface area (Å²) in [6.45, 7) is 1.67. The van der Waals surface area contributed by atoms with Gasteiger partial charge >= 0.3 is 0 Å². The number of piperidine rings is 1. The lowest BCUT2D eigenvalue weighted by molar-refractivity contribution is 0.405. The summed E-state index contributed by atoms with van der Waals surface area (Å²) in [5, 5.41) is 3.65. The van der Waals surface area contributed by atoms with Gasteiger partial charge in [-0.3, -0.25) is 0 Å². The van der Waals surface area contributed by atoms with E-state index >= 15 is 0 Å². The zero-order chi connectivity index (χ0) is 12.8. The largest absolute Gasteiger partial charge is 0.317 e. The molecule has 3 rings (SSSR count). The van der Waals surface area contributed by atoms with Gasteiger partial charge in [0.25, 0.3) is 0 Å². The Morgan fingerprint density at radius 2 is 1.84 bits per heavy atom. The third kappa shape index (κ3) is 2.20. The van der Waals surface area contributed by atoms with Crippen LogP contribution in [-0.4, -0.2) is 32.8 Å². The molecule has 1 aromatic rings. The Balaban J connectivity index is 0.00000133. The zero-order valence-electron chi connectivity index (χ0n) is 10.7. The molecular weight excluding hydrogens is 284 g/mol. The SMILES string of the molecule is CS(=O)(=O)C1=Nc2ccccc2C12CCNCC2.Cl. The van der Waals surface area contributed by atoms with E-state index in [0.29, 0.717) is 5.04 Å². The van der Waals surface area contributed by atoms with Crippen molar-refractivity contribution in [3.63, 3.8) is 0 Å². The van der Waals surface area contributed by atoms with Crippen LogP contribution in [0.3, 0.4) is 0 Å². The van der Waals surface area contributed by atoms with E-state index in [9.17, 15) is 8.42 Å². The van der Waals surface area contributed by atoms with Crippen LogP contribution in [0.1, 0.15) is 18.4 Å². The van der Waals surface area contributed by atoms with Crippen LogP contribution in [0.15, 0.2) is 29.3 Å². The number of fused-ring (bicyclic) bond motifs is 2. The first kappa shape index (κ1) is 14.5. The molecule has 2 aliphatic heterocycles. The molecule has 0 atom stereocenters. The Morgan fingerprint density at radius 1 is 1.21 bits per heavy atom. The van der Waals surface area contributed by atoms with Gasteiger partial charge in [0.1, 0.15) is 5.04 Å². The summed E-state index contributed by atoms with van der Waals surface area (Å²) in [5.41, 5.74) is 1.50. The monoisotopic (exact) mass is 300 g/mol. The lowest BCUT2D eigenvalue weighted by Gasteiger charge is -2.35. The topological polar surface area (TPSA) is 58.5 Å². The van der Waals surface area contributed by atoms with Gasteiger partial charge in [-0.1, -0.05) is 18.2 Å². The van der Waals surface area contributed by atoms with Gasteiger partial charge in [-0.25, -0.2) is 13.4 Å². The molecule has 1 fully saturated rings. The van der Waals surface area contributed by atoms with Crippen LogP contribution in [0.5, 0.6) is 0 Å². The van der Waals surface area contributed by atoms with Crippen molar-refractivity contribution in [3.8, 4) is 0 Å². The lowest BCUT2D eigenvalue weighted by Crippen LogP contribution is -2.46. The number of sulfone groups is 1. The summed E-state index contributed by atoms with van der Waals surface area (Å²) in [7, 11) is -3.26. The fourth-order valence-corrected chi connectivity index (χ4v) is 4.37. The Morgan fingerprint density at radius 3 is 2.47 bits per heavy atom. The van der Waals surface area contributed by atoms with Gasteiger partial charge in [-0.2, -0.15) is 0 Å². The molecule has 1 spiro atoms. The van der Waals surface area contributed by atoms with Crippen molar-refractivity contribution in [1.29, 1.82) is 0 Å². The van der Waals surface area contributed by atoms with Crippen LogP contribution in [-0.2, 0) is 15.3 Å². The molecule has 0 unspecified atom stereocenters. The predicted octanol–water partition coefficient (Wildman–Crippen LogP) is 1.82. The Kier molecular flexibility index (Phi) is 3.73. The van der Waals surface area contributed by atoms with E-state index in [-0.39, 0.29) is 12.4 Å². The molecule has 1 aromatic carbocycles. The predicted molar refractivity (Wildman–Crippen MR) is 79.4 cm³/mol. The van der Waals surface area contributed by atoms with Crippen LogP contribution in [0, 0.1) is 0 Å². The van der Waals surface area contributed by atoms with E-state index < -0.39 is 15.3 Å². The minimum absolute atomic E-state index is 0. The van der Waals surface area contributed by atoms with Gasteiger partial charge in [0.05, 0.1) is 11.1 Å². The third-order valence-electron chi connectivity index (χ3n) is 3.86. The summed E-state index contributed by atoms with van der Waals surface area (Å²) in [6.07, 6.45) is 2.87. The molecule has 0 aromatic heterocycles. The molecule has 2 aliphatic rings. The van der Waals surface area contributed by atoms with Crippen molar-refractivity contribution in [2.24, 2.45) is 4.99 Å². The normalized spacial score (nSPS) is 20.6. The van der Waals surface area contributed by atoms with E-state index in [1.165, 1.54) is 6.26 Å². The van der Waals surface area contributed by atoms with Crippen LogP contribution >= 0.6 is 12.4 Å². The molecule has 0 amide bonds. The molecular formula is C13H17ClN2O2S. The van der Waals surface area contributed by atoms with Crippen molar-refractivity contribution in [1.82, 2.24) is 5.32 Å². The number of nitrogens with zero attached hydrogens (tertiary/aromatic N) is 1. The van der Waals surface area contributed by atoms with E-state index in [1.807, 2.05) is 24.3 Å². The van der Waals surface area contributed by atoms with Crippen molar-refractivity contribution < 1.29 is 8.42 Å². The fourth-order valence-electron chi connectivity index (χ4n) is 3.08. The molecule has 104 valence electrons. The lowest BCUT2D eigenvalue weighted by atomic mass is 9.75. The summed E-state index contributed by atoms with van der Waals surface area (Å²) in [5.74, 6) is 0. The van der Waals surface area contributed by atoms with E-state index in [1.54, 1.807) is 0 Å². The van der Waals surface area contributed by atoms with Gasteiger partial charge in [0, 0.05) is 6.26 Å². The Bertz CT molecular complexity index is 619. The van der Waals surface area contributed by atoms with Gasteiger partial charge in [0.15, 0.2) is 9.84 Å². The number of rotatable bonds is 0. The minimum Gasteiger partial charge on any atom is -0.317 e. The highest BCUT2D eigenvalue weighted by atomic mass is 35.5.